The number of nitrogens with one attached hydrogen (secondary N) is 2. The van der Waals surface area contributed by atoms with Crippen LogP contribution in [0.25, 0.3) is 11.0 Å². The molecule has 1 aliphatic rings. The van der Waals surface area contributed by atoms with Crippen LogP contribution >= 0.6 is 0 Å². The average Bonchev–Trinajstić information content (AvgIpc) is 2.78. The van der Waals surface area contributed by atoms with Crippen molar-refractivity contribution >= 4 is 22.8 Å². The molecule has 1 unspecified atom stereocenters. The van der Waals surface area contributed by atoms with E-state index in [9.17, 15) is 4.79 Å². The first-order valence-corrected chi connectivity index (χ1v) is 10.8. The highest BCUT2D eigenvalue weighted by atomic mass is 16.1. The molecule has 1 fully saturated rings. The number of hydrogen-bond acceptors (Lipinski definition) is 5. The Morgan fingerprint density at radius 3 is 2.57 bits per heavy atom. The Morgan fingerprint density at radius 2 is 1.83 bits per heavy atom. The van der Waals surface area contributed by atoms with Crippen LogP contribution < -0.4 is 10.6 Å². The number of nitrogens with zero attached hydrogens (tertiary/aromatic N) is 3. The molecule has 0 saturated heterocycles. The molecule has 1 saturated carbocycles. The molecule has 0 aliphatic heterocycles. The van der Waals surface area contributed by atoms with Gasteiger partial charge < -0.3 is 10.6 Å². The molecule has 0 bridgehead atoms. The van der Waals surface area contributed by atoms with Crippen molar-refractivity contribution in [2.24, 2.45) is 5.92 Å². The summed E-state index contributed by atoms with van der Waals surface area (Å²) in [6, 6.07) is 12.2. The van der Waals surface area contributed by atoms with E-state index in [1.54, 1.807) is 12.4 Å². The predicted molar refractivity (Wildman–Crippen MR) is 119 cm³/mol. The molecule has 1 aliphatic carbocycles. The highest BCUT2D eigenvalue weighted by Gasteiger charge is 2.28. The molecule has 0 radical (unpaired) electrons. The minimum Gasteiger partial charge on any atom is -0.366 e. The maximum Gasteiger partial charge on any atom is 0.223 e. The van der Waals surface area contributed by atoms with Crippen LogP contribution in [0.3, 0.4) is 0 Å². The molecule has 1 atom stereocenters. The minimum absolute atomic E-state index is 0.0255. The zero-order valence-corrected chi connectivity index (χ0v) is 17.6. The summed E-state index contributed by atoms with van der Waals surface area (Å²) in [6.45, 7) is 4.13. The van der Waals surface area contributed by atoms with E-state index in [0.29, 0.717) is 6.04 Å². The van der Waals surface area contributed by atoms with E-state index in [4.69, 9.17) is 0 Å². The number of benzene rings is 1. The summed E-state index contributed by atoms with van der Waals surface area (Å²) in [4.78, 5) is 26.5. The van der Waals surface area contributed by atoms with Crippen molar-refractivity contribution in [1.29, 1.82) is 0 Å². The van der Waals surface area contributed by atoms with Crippen LogP contribution in [0, 0.1) is 12.8 Å². The second-order valence-corrected chi connectivity index (χ2v) is 8.11. The number of carbonyl (C=O) groups is 1. The second kappa shape index (κ2) is 9.20. The number of rotatable bonds is 6. The van der Waals surface area contributed by atoms with Crippen LogP contribution in [0.4, 0.5) is 5.82 Å². The normalized spacial score (nSPS) is 19.9. The Balaban J connectivity index is 1.32. The van der Waals surface area contributed by atoms with Crippen molar-refractivity contribution < 1.29 is 4.79 Å². The maximum absolute atomic E-state index is 12.9. The summed E-state index contributed by atoms with van der Waals surface area (Å²) in [7, 11) is 0. The Bertz CT molecular complexity index is 1010. The molecule has 30 heavy (non-hydrogen) atoms. The number of anilines is 1. The zero-order chi connectivity index (χ0) is 20.9. The maximum atomic E-state index is 12.9. The summed E-state index contributed by atoms with van der Waals surface area (Å²) in [5.74, 6) is 1.01. The van der Waals surface area contributed by atoms with E-state index in [1.165, 1.54) is 0 Å². The summed E-state index contributed by atoms with van der Waals surface area (Å²) < 4.78 is 0. The fraction of sp³-hybridized carbons (Fsp3) is 0.417. The molecule has 6 nitrogen and oxygen atoms in total. The van der Waals surface area contributed by atoms with Crippen molar-refractivity contribution in [3.8, 4) is 0 Å². The molecule has 1 aromatic carbocycles. The summed E-state index contributed by atoms with van der Waals surface area (Å²) in [6.07, 6.45) is 8.08. The lowest BCUT2D eigenvalue weighted by Gasteiger charge is -2.30. The molecule has 3 aromatic rings. The Labute approximate surface area is 177 Å². The largest absolute Gasteiger partial charge is 0.366 e. The van der Waals surface area contributed by atoms with Crippen molar-refractivity contribution in [2.75, 3.05) is 5.32 Å². The van der Waals surface area contributed by atoms with Gasteiger partial charge in [0.2, 0.25) is 5.91 Å². The molecular weight excluding hydrogens is 374 g/mol. The lowest BCUT2D eigenvalue weighted by atomic mass is 9.85. The van der Waals surface area contributed by atoms with Crippen molar-refractivity contribution in [2.45, 2.75) is 58.0 Å². The lowest BCUT2D eigenvalue weighted by molar-refractivity contribution is -0.126. The third kappa shape index (κ3) is 4.58. The van der Waals surface area contributed by atoms with Gasteiger partial charge in [0, 0.05) is 18.2 Å². The third-order valence-corrected chi connectivity index (χ3v) is 6.00. The highest BCUT2D eigenvalue weighted by molar-refractivity contribution is 5.79. The molecular formula is C24H29N5O. The van der Waals surface area contributed by atoms with E-state index in [0.717, 1.165) is 60.2 Å². The zero-order valence-electron chi connectivity index (χ0n) is 17.6. The van der Waals surface area contributed by atoms with Crippen LogP contribution in [0.15, 0.2) is 48.8 Å². The molecule has 4 rings (SSSR count). The van der Waals surface area contributed by atoms with Crippen LogP contribution in [-0.2, 0) is 4.79 Å². The monoisotopic (exact) mass is 403 g/mol. The average molecular weight is 404 g/mol. The summed E-state index contributed by atoms with van der Waals surface area (Å²) >= 11 is 0. The first-order chi connectivity index (χ1) is 14.6. The molecule has 2 N–H and O–H groups in total. The van der Waals surface area contributed by atoms with Gasteiger partial charge in [-0.05, 0) is 62.8 Å². The molecule has 156 valence electrons. The van der Waals surface area contributed by atoms with Gasteiger partial charge in [-0.3, -0.25) is 14.8 Å². The number of fused-ring (bicyclic) bond motifs is 1. The Morgan fingerprint density at radius 1 is 1.07 bits per heavy atom. The third-order valence-electron chi connectivity index (χ3n) is 6.00. The first kappa shape index (κ1) is 20.3. The number of hydrogen-bond donors (Lipinski definition) is 2. The topological polar surface area (TPSA) is 79.8 Å². The molecule has 1 amide bonds. The van der Waals surface area contributed by atoms with Crippen molar-refractivity contribution in [1.82, 2.24) is 20.3 Å². The first-order valence-electron chi connectivity index (χ1n) is 10.8. The van der Waals surface area contributed by atoms with E-state index in [1.807, 2.05) is 43.3 Å². The lowest BCUT2D eigenvalue weighted by Crippen LogP contribution is -2.38. The van der Waals surface area contributed by atoms with Gasteiger partial charge in [0.25, 0.3) is 0 Å². The fourth-order valence-electron chi connectivity index (χ4n) is 4.25. The van der Waals surface area contributed by atoms with Gasteiger partial charge in [-0.25, -0.2) is 4.98 Å². The van der Waals surface area contributed by atoms with Crippen LogP contribution in [0.1, 0.15) is 56.3 Å². The van der Waals surface area contributed by atoms with Crippen LogP contribution in [0.2, 0.25) is 0 Å². The predicted octanol–water partition coefficient (Wildman–Crippen LogP) is 4.57. The van der Waals surface area contributed by atoms with Gasteiger partial charge in [0.15, 0.2) is 0 Å². The summed E-state index contributed by atoms with van der Waals surface area (Å²) in [5.41, 5.74) is 3.88. The minimum atomic E-state index is -0.0255. The number of carbonyl (C=O) groups excluding carboxylic acids is 1. The fourth-order valence-corrected chi connectivity index (χ4v) is 4.25. The number of amides is 1. The quantitative estimate of drug-likeness (QED) is 0.630. The van der Waals surface area contributed by atoms with E-state index in [-0.39, 0.29) is 17.9 Å². The van der Waals surface area contributed by atoms with E-state index >= 15 is 0 Å². The molecule has 0 spiro atoms. The van der Waals surface area contributed by atoms with E-state index in [2.05, 4.69) is 32.5 Å². The van der Waals surface area contributed by atoms with Gasteiger partial charge in [-0.15, -0.1) is 0 Å². The number of aryl methyl sites for hydroxylation is 1. The summed E-state index contributed by atoms with van der Waals surface area (Å²) in [5, 5.41) is 6.74. The standard InChI is InChI=1S/C24H29N5O/c1-3-19(23-16(2)7-6-14-25-23)29-24(30)17-10-12-18(13-11-17)27-22-15-26-20-8-4-5-9-21(20)28-22/h4-9,14-15,17-19H,3,10-13H2,1-2H3,(H,27,28)(H,29,30). The van der Waals surface area contributed by atoms with Gasteiger partial charge in [0.05, 0.1) is 29.0 Å². The van der Waals surface area contributed by atoms with Gasteiger partial charge in [0.1, 0.15) is 5.82 Å². The van der Waals surface area contributed by atoms with Gasteiger partial charge in [-0.2, -0.15) is 0 Å². The number of pyridine rings is 1. The van der Waals surface area contributed by atoms with E-state index < -0.39 is 0 Å². The van der Waals surface area contributed by atoms with Crippen molar-refractivity contribution in [3.63, 3.8) is 0 Å². The smallest absolute Gasteiger partial charge is 0.223 e. The second-order valence-electron chi connectivity index (χ2n) is 8.11. The van der Waals surface area contributed by atoms with Gasteiger partial charge in [-0.1, -0.05) is 25.1 Å². The molecule has 6 heteroatoms. The van der Waals surface area contributed by atoms with Gasteiger partial charge >= 0.3 is 0 Å². The molecule has 2 heterocycles. The van der Waals surface area contributed by atoms with Crippen LogP contribution in [0.5, 0.6) is 0 Å². The Kier molecular flexibility index (Phi) is 6.21. The SMILES string of the molecule is CCC(NC(=O)C1CCC(Nc2cnc3ccccc3n2)CC1)c1ncccc1C. The Hall–Kier alpha value is -3.02. The highest BCUT2D eigenvalue weighted by Crippen LogP contribution is 2.28. The number of para-hydroxylation sites is 2. The molecule has 2 aromatic heterocycles. The van der Waals surface area contributed by atoms with Crippen LogP contribution in [-0.4, -0.2) is 26.9 Å². The number of aromatic nitrogens is 3. The van der Waals surface area contributed by atoms with Crippen molar-refractivity contribution in [3.05, 3.63) is 60.0 Å².